The Kier molecular flexibility index (Phi) is 6.06. The van der Waals surface area contributed by atoms with Crippen LogP contribution in [-0.2, 0) is 16.0 Å². The molecule has 0 bridgehead atoms. The van der Waals surface area contributed by atoms with E-state index in [0.717, 1.165) is 17.7 Å². The molecule has 0 radical (unpaired) electrons. The Morgan fingerprint density at radius 3 is 2.74 bits per heavy atom. The van der Waals surface area contributed by atoms with Crippen LogP contribution in [0.5, 0.6) is 0 Å². The van der Waals surface area contributed by atoms with Crippen molar-refractivity contribution in [1.82, 2.24) is 0 Å². The fourth-order valence-electron chi connectivity index (χ4n) is 1.73. The van der Waals surface area contributed by atoms with E-state index in [0.29, 0.717) is 18.8 Å². The second-order valence-corrected chi connectivity index (χ2v) is 4.86. The zero-order valence-electron chi connectivity index (χ0n) is 11.5. The molecule has 0 aromatic heterocycles. The quantitative estimate of drug-likeness (QED) is 0.794. The predicted molar refractivity (Wildman–Crippen MR) is 75.1 cm³/mol. The standard InChI is InChI=1S/C15H21NO3/c1-3-11(2)9-14(17)16-13-6-4-5-12(10-13)7-8-15(18)19/h4-6,10-11H,3,7-9H2,1-2H3,(H,16,17)(H,18,19). The van der Waals surface area contributed by atoms with Gasteiger partial charge in [0.1, 0.15) is 0 Å². The maximum atomic E-state index is 11.8. The van der Waals surface area contributed by atoms with E-state index in [1.807, 2.05) is 31.2 Å². The lowest BCUT2D eigenvalue weighted by Crippen LogP contribution is -2.14. The average molecular weight is 263 g/mol. The van der Waals surface area contributed by atoms with Gasteiger partial charge in [-0.1, -0.05) is 32.4 Å². The second-order valence-electron chi connectivity index (χ2n) is 4.86. The van der Waals surface area contributed by atoms with Crippen molar-refractivity contribution in [3.8, 4) is 0 Å². The summed E-state index contributed by atoms with van der Waals surface area (Å²) < 4.78 is 0. The van der Waals surface area contributed by atoms with Crippen LogP contribution in [0.3, 0.4) is 0 Å². The van der Waals surface area contributed by atoms with Gasteiger partial charge in [0, 0.05) is 18.5 Å². The SMILES string of the molecule is CCC(C)CC(=O)Nc1cccc(CCC(=O)O)c1. The van der Waals surface area contributed by atoms with Gasteiger partial charge in [-0.2, -0.15) is 0 Å². The Bertz CT molecular complexity index is 443. The summed E-state index contributed by atoms with van der Waals surface area (Å²) in [6.07, 6.45) is 2.07. The molecule has 1 aromatic carbocycles. The molecule has 0 aliphatic rings. The van der Waals surface area contributed by atoms with E-state index >= 15 is 0 Å². The van der Waals surface area contributed by atoms with Crippen molar-refractivity contribution in [2.45, 2.75) is 39.5 Å². The van der Waals surface area contributed by atoms with Crippen molar-refractivity contribution in [2.24, 2.45) is 5.92 Å². The van der Waals surface area contributed by atoms with Crippen LogP contribution in [0.25, 0.3) is 0 Å². The van der Waals surface area contributed by atoms with Crippen LogP contribution >= 0.6 is 0 Å². The van der Waals surface area contributed by atoms with Gasteiger partial charge in [-0.05, 0) is 30.0 Å². The number of amides is 1. The van der Waals surface area contributed by atoms with Gasteiger partial charge >= 0.3 is 5.97 Å². The first kappa shape index (κ1) is 15.2. The third-order valence-electron chi connectivity index (χ3n) is 3.07. The summed E-state index contributed by atoms with van der Waals surface area (Å²) in [5.74, 6) is -0.439. The molecule has 1 atom stereocenters. The molecular formula is C15H21NO3. The zero-order valence-corrected chi connectivity index (χ0v) is 11.5. The number of carboxylic acid groups (broad SMARTS) is 1. The maximum absolute atomic E-state index is 11.8. The summed E-state index contributed by atoms with van der Waals surface area (Å²) in [4.78, 5) is 22.3. The molecule has 4 heteroatoms. The molecule has 0 aliphatic carbocycles. The largest absolute Gasteiger partial charge is 0.481 e. The van der Waals surface area contributed by atoms with E-state index in [9.17, 15) is 9.59 Å². The summed E-state index contributed by atoms with van der Waals surface area (Å²) in [7, 11) is 0. The van der Waals surface area contributed by atoms with Crippen LogP contribution in [0.1, 0.15) is 38.7 Å². The molecule has 0 saturated heterocycles. The number of aryl methyl sites for hydroxylation is 1. The molecule has 0 fully saturated rings. The molecule has 1 amide bonds. The summed E-state index contributed by atoms with van der Waals surface area (Å²) in [5, 5.41) is 11.5. The fraction of sp³-hybridized carbons (Fsp3) is 0.467. The molecule has 0 heterocycles. The van der Waals surface area contributed by atoms with Gasteiger partial charge in [0.15, 0.2) is 0 Å². The lowest BCUT2D eigenvalue weighted by atomic mass is 10.0. The molecule has 0 saturated carbocycles. The molecule has 1 unspecified atom stereocenters. The highest BCUT2D eigenvalue weighted by Crippen LogP contribution is 2.14. The third kappa shape index (κ3) is 6.04. The molecule has 19 heavy (non-hydrogen) atoms. The van der Waals surface area contributed by atoms with E-state index in [4.69, 9.17) is 5.11 Å². The molecule has 1 aromatic rings. The Balaban J connectivity index is 2.56. The number of carbonyl (C=O) groups excluding carboxylic acids is 1. The van der Waals surface area contributed by atoms with Crippen molar-refractivity contribution in [3.63, 3.8) is 0 Å². The van der Waals surface area contributed by atoms with Crippen molar-refractivity contribution >= 4 is 17.6 Å². The van der Waals surface area contributed by atoms with Crippen molar-refractivity contribution in [1.29, 1.82) is 0 Å². The number of carbonyl (C=O) groups is 2. The number of carboxylic acids is 1. The number of aliphatic carboxylic acids is 1. The Labute approximate surface area is 113 Å². The highest BCUT2D eigenvalue weighted by Gasteiger charge is 2.08. The number of hydrogen-bond donors (Lipinski definition) is 2. The van der Waals surface area contributed by atoms with Gasteiger partial charge in [-0.15, -0.1) is 0 Å². The van der Waals surface area contributed by atoms with Crippen LogP contribution in [0.2, 0.25) is 0 Å². The highest BCUT2D eigenvalue weighted by molar-refractivity contribution is 5.90. The van der Waals surface area contributed by atoms with Gasteiger partial charge in [0.25, 0.3) is 0 Å². The van der Waals surface area contributed by atoms with Crippen molar-refractivity contribution in [2.75, 3.05) is 5.32 Å². The first-order valence-corrected chi connectivity index (χ1v) is 6.61. The predicted octanol–water partition coefficient (Wildman–Crippen LogP) is 3.08. The van der Waals surface area contributed by atoms with E-state index in [2.05, 4.69) is 12.2 Å². The van der Waals surface area contributed by atoms with E-state index in [1.54, 1.807) is 0 Å². The second kappa shape index (κ2) is 7.56. The topological polar surface area (TPSA) is 66.4 Å². The van der Waals surface area contributed by atoms with Crippen LogP contribution in [0, 0.1) is 5.92 Å². The zero-order chi connectivity index (χ0) is 14.3. The van der Waals surface area contributed by atoms with Crippen molar-refractivity contribution < 1.29 is 14.7 Å². The van der Waals surface area contributed by atoms with Gasteiger partial charge in [0.05, 0.1) is 0 Å². The maximum Gasteiger partial charge on any atom is 0.303 e. The van der Waals surface area contributed by atoms with Crippen LogP contribution in [-0.4, -0.2) is 17.0 Å². The minimum atomic E-state index is -0.814. The number of hydrogen-bond acceptors (Lipinski definition) is 2. The lowest BCUT2D eigenvalue weighted by Gasteiger charge is -2.10. The minimum Gasteiger partial charge on any atom is -0.481 e. The molecule has 4 nitrogen and oxygen atoms in total. The molecule has 0 aliphatic heterocycles. The summed E-state index contributed by atoms with van der Waals surface area (Å²) in [5.41, 5.74) is 1.65. The van der Waals surface area contributed by atoms with Gasteiger partial charge < -0.3 is 10.4 Å². The highest BCUT2D eigenvalue weighted by atomic mass is 16.4. The number of nitrogens with one attached hydrogen (secondary N) is 1. The first-order chi connectivity index (χ1) is 9.01. The molecule has 0 spiro atoms. The number of rotatable bonds is 7. The van der Waals surface area contributed by atoms with Crippen LogP contribution in [0.4, 0.5) is 5.69 Å². The smallest absolute Gasteiger partial charge is 0.303 e. The molecule has 2 N–H and O–H groups in total. The van der Waals surface area contributed by atoms with Gasteiger partial charge in [-0.25, -0.2) is 0 Å². The minimum absolute atomic E-state index is 0.00438. The van der Waals surface area contributed by atoms with E-state index < -0.39 is 5.97 Å². The Morgan fingerprint density at radius 2 is 2.11 bits per heavy atom. The van der Waals surface area contributed by atoms with Crippen LogP contribution in [0.15, 0.2) is 24.3 Å². The summed E-state index contributed by atoms with van der Waals surface area (Å²) in [6.45, 7) is 4.10. The monoisotopic (exact) mass is 263 g/mol. The summed E-state index contributed by atoms with van der Waals surface area (Å²) >= 11 is 0. The fourth-order valence-corrected chi connectivity index (χ4v) is 1.73. The van der Waals surface area contributed by atoms with Gasteiger partial charge in [0.2, 0.25) is 5.91 Å². The summed E-state index contributed by atoms with van der Waals surface area (Å²) in [6, 6.07) is 7.35. The van der Waals surface area contributed by atoms with Gasteiger partial charge in [-0.3, -0.25) is 9.59 Å². The van der Waals surface area contributed by atoms with E-state index in [1.165, 1.54) is 0 Å². The normalized spacial score (nSPS) is 11.9. The number of benzene rings is 1. The first-order valence-electron chi connectivity index (χ1n) is 6.61. The number of anilines is 1. The molecule has 104 valence electrons. The van der Waals surface area contributed by atoms with Crippen molar-refractivity contribution in [3.05, 3.63) is 29.8 Å². The van der Waals surface area contributed by atoms with E-state index in [-0.39, 0.29) is 12.3 Å². The van der Waals surface area contributed by atoms with Crippen LogP contribution < -0.4 is 5.32 Å². The average Bonchev–Trinajstić information content (AvgIpc) is 2.36. The molecular weight excluding hydrogens is 242 g/mol. The molecule has 1 rings (SSSR count). The third-order valence-corrected chi connectivity index (χ3v) is 3.07. The Hall–Kier alpha value is -1.84. The Morgan fingerprint density at radius 1 is 1.37 bits per heavy atom. The lowest BCUT2D eigenvalue weighted by molar-refractivity contribution is -0.137.